The Bertz CT molecular complexity index is 302. The Morgan fingerprint density at radius 1 is 1.14 bits per heavy atom. The fourth-order valence-corrected chi connectivity index (χ4v) is 1.08. The van der Waals surface area contributed by atoms with Crippen molar-refractivity contribution in [2.45, 2.75) is 32.8 Å². The summed E-state index contributed by atoms with van der Waals surface area (Å²) in [5.41, 5.74) is -0.507. The second-order valence-corrected chi connectivity index (χ2v) is 4.05. The highest BCUT2D eigenvalue weighted by Crippen LogP contribution is 2.30. The third-order valence-corrected chi connectivity index (χ3v) is 1.57. The first-order valence-electron chi connectivity index (χ1n) is 4.46. The molecule has 78 valence electrons. The Morgan fingerprint density at radius 2 is 1.71 bits per heavy atom. The van der Waals surface area contributed by atoms with Crippen molar-refractivity contribution in [2.24, 2.45) is 0 Å². The molecule has 0 aliphatic rings. The number of benzene rings is 1. The maximum Gasteiger partial charge on any atom is 0.267 e. The number of para-hydroxylation sites is 1. The molecule has 1 aromatic carbocycles. The molecular formula is C11H14F2O. The highest BCUT2D eigenvalue weighted by atomic mass is 19.3. The van der Waals surface area contributed by atoms with Gasteiger partial charge in [-0.15, -0.1) is 0 Å². The average Bonchev–Trinajstić information content (AvgIpc) is 2.01. The molecule has 0 bridgehead atoms. The van der Waals surface area contributed by atoms with Crippen molar-refractivity contribution >= 4 is 0 Å². The first-order chi connectivity index (χ1) is 6.40. The zero-order valence-electron chi connectivity index (χ0n) is 8.55. The lowest BCUT2D eigenvalue weighted by Crippen LogP contribution is -2.23. The van der Waals surface area contributed by atoms with Crippen molar-refractivity contribution in [3.8, 4) is 5.75 Å². The van der Waals surface area contributed by atoms with Crippen LogP contribution in [0.4, 0.5) is 8.78 Å². The number of halogens is 2. The molecule has 0 spiro atoms. The molecule has 0 aromatic heterocycles. The van der Waals surface area contributed by atoms with Crippen LogP contribution in [-0.4, -0.2) is 5.60 Å². The van der Waals surface area contributed by atoms with E-state index < -0.39 is 12.0 Å². The van der Waals surface area contributed by atoms with Gasteiger partial charge in [-0.05, 0) is 32.9 Å². The molecule has 0 aliphatic carbocycles. The lowest BCUT2D eigenvalue weighted by molar-refractivity contribution is 0.109. The fourth-order valence-electron chi connectivity index (χ4n) is 1.08. The second-order valence-electron chi connectivity index (χ2n) is 4.05. The van der Waals surface area contributed by atoms with E-state index in [1.807, 2.05) is 20.8 Å². The van der Waals surface area contributed by atoms with Gasteiger partial charge in [0, 0.05) is 0 Å². The molecule has 0 N–H and O–H groups in total. The number of hydrogen-bond donors (Lipinski definition) is 0. The first kappa shape index (κ1) is 11.0. The summed E-state index contributed by atoms with van der Waals surface area (Å²) in [6.07, 6.45) is -2.49. The van der Waals surface area contributed by atoms with Gasteiger partial charge in [0.25, 0.3) is 6.43 Å². The Labute approximate surface area is 82.7 Å². The summed E-state index contributed by atoms with van der Waals surface area (Å²) in [5.74, 6) is 0.259. The first-order valence-corrected chi connectivity index (χ1v) is 4.46. The van der Waals surface area contributed by atoms with E-state index in [1.54, 1.807) is 18.2 Å². The smallest absolute Gasteiger partial charge is 0.267 e. The SMILES string of the molecule is CC(C)(C)Oc1ccccc1C(F)F. The van der Waals surface area contributed by atoms with Gasteiger partial charge in [0.05, 0.1) is 5.56 Å². The highest BCUT2D eigenvalue weighted by molar-refractivity contribution is 5.34. The molecule has 1 aromatic rings. The van der Waals surface area contributed by atoms with Crippen LogP contribution in [0.1, 0.15) is 32.8 Å². The lowest BCUT2D eigenvalue weighted by atomic mass is 10.1. The van der Waals surface area contributed by atoms with Gasteiger partial charge in [-0.1, -0.05) is 12.1 Å². The van der Waals surface area contributed by atoms with Crippen LogP contribution >= 0.6 is 0 Å². The summed E-state index contributed by atoms with van der Waals surface area (Å²) >= 11 is 0. The predicted molar refractivity (Wildman–Crippen MR) is 51.8 cm³/mol. The van der Waals surface area contributed by atoms with E-state index in [0.717, 1.165) is 0 Å². The topological polar surface area (TPSA) is 9.23 Å². The average molecular weight is 200 g/mol. The minimum atomic E-state index is -2.49. The third kappa shape index (κ3) is 2.98. The van der Waals surface area contributed by atoms with Gasteiger partial charge in [0.2, 0.25) is 0 Å². The molecule has 0 atom stereocenters. The predicted octanol–water partition coefficient (Wildman–Crippen LogP) is 3.80. The monoisotopic (exact) mass is 200 g/mol. The number of ether oxygens (including phenoxy) is 1. The van der Waals surface area contributed by atoms with Crippen molar-refractivity contribution in [3.05, 3.63) is 29.8 Å². The molecule has 0 radical (unpaired) electrons. The van der Waals surface area contributed by atoms with Gasteiger partial charge >= 0.3 is 0 Å². The number of hydrogen-bond acceptors (Lipinski definition) is 1. The Morgan fingerprint density at radius 3 is 2.21 bits per heavy atom. The van der Waals surface area contributed by atoms with Crippen LogP contribution in [-0.2, 0) is 0 Å². The van der Waals surface area contributed by atoms with Crippen molar-refractivity contribution < 1.29 is 13.5 Å². The van der Waals surface area contributed by atoms with E-state index in [0.29, 0.717) is 0 Å². The van der Waals surface area contributed by atoms with E-state index in [4.69, 9.17) is 4.74 Å². The maximum absolute atomic E-state index is 12.5. The van der Waals surface area contributed by atoms with Crippen LogP contribution in [0.15, 0.2) is 24.3 Å². The zero-order chi connectivity index (χ0) is 10.8. The molecule has 0 aliphatic heterocycles. The van der Waals surface area contributed by atoms with Gasteiger partial charge < -0.3 is 4.74 Å². The number of rotatable bonds is 2. The Kier molecular flexibility index (Phi) is 3.09. The van der Waals surface area contributed by atoms with E-state index in [-0.39, 0.29) is 11.3 Å². The zero-order valence-corrected chi connectivity index (χ0v) is 8.55. The summed E-state index contributed by atoms with van der Waals surface area (Å²) in [5, 5.41) is 0. The molecule has 0 amide bonds. The van der Waals surface area contributed by atoms with Crippen LogP contribution < -0.4 is 4.74 Å². The van der Waals surface area contributed by atoms with Gasteiger partial charge in [0.15, 0.2) is 0 Å². The largest absolute Gasteiger partial charge is 0.488 e. The van der Waals surface area contributed by atoms with Crippen LogP contribution in [0.25, 0.3) is 0 Å². The maximum atomic E-state index is 12.5. The molecule has 0 unspecified atom stereocenters. The van der Waals surface area contributed by atoms with Crippen molar-refractivity contribution in [2.75, 3.05) is 0 Å². The third-order valence-electron chi connectivity index (χ3n) is 1.57. The normalized spacial score (nSPS) is 11.9. The van der Waals surface area contributed by atoms with Gasteiger partial charge in [-0.25, -0.2) is 8.78 Å². The van der Waals surface area contributed by atoms with Gasteiger partial charge in [-0.2, -0.15) is 0 Å². The van der Waals surface area contributed by atoms with Crippen LogP contribution in [0, 0.1) is 0 Å². The highest BCUT2D eigenvalue weighted by Gasteiger charge is 2.18. The summed E-state index contributed by atoms with van der Waals surface area (Å²) in [6, 6.07) is 6.21. The number of alkyl halides is 2. The summed E-state index contributed by atoms with van der Waals surface area (Å²) in [4.78, 5) is 0. The van der Waals surface area contributed by atoms with Gasteiger partial charge in [-0.3, -0.25) is 0 Å². The second kappa shape index (κ2) is 3.95. The molecule has 0 heterocycles. The summed E-state index contributed by atoms with van der Waals surface area (Å²) in [6.45, 7) is 5.49. The van der Waals surface area contributed by atoms with Crippen LogP contribution in [0.5, 0.6) is 5.75 Å². The fraction of sp³-hybridized carbons (Fsp3) is 0.455. The van der Waals surface area contributed by atoms with E-state index in [2.05, 4.69) is 0 Å². The van der Waals surface area contributed by atoms with Crippen molar-refractivity contribution in [1.82, 2.24) is 0 Å². The molecule has 1 nitrogen and oxygen atoms in total. The standard InChI is InChI=1S/C11H14F2O/c1-11(2,3)14-9-7-5-4-6-8(9)10(12)13/h4-7,10H,1-3H3. The van der Waals surface area contributed by atoms with Gasteiger partial charge in [0.1, 0.15) is 11.4 Å². The molecule has 14 heavy (non-hydrogen) atoms. The summed E-state index contributed by atoms with van der Waals surface area (Å²) in [7, 11) is 0. The van der Waals surface area contributed by atoms with E-state index in [9.17, 15) is 8.78 Å². The minimum absolute atomic E-state index is 0.0533. The van der Waals surface area contributed by atoms with Crippen LogP contribution in [0.3, 0.4) is 0 Å². The quantitative estimate of drug-likeness (QED) is 0.705. The van der Waals surface area contributed by atoms with Crippen molar-refractivity contribution in [1.29, 1.82) is 0 Å². The molecule has 0 saturated carbocycles. The van der Waals surface area contributed by atoms with E-state index >= 15 is 0 Å². The van der Waals surface area contributed by atoms with Crippen molar-refractivity contribution in [3.63, 3.8) is 0 Å². The summed E-state index contributed by atoms with van der Waals surface area (Å²) < 4.78 is 30.5. The Hall–Kier alpha value is -1.12. The Balaban J connectivity index is 2.96. The van der Waals surface area contributed by atoms with Crippen LogP contribution in [0.2, 0.25) is 0 Å². The lowest BCUT2D eigenvalue weighted by Gasteiger charge is -2.22. The molecule has 0 fully saturated rings. The molecule has 1 rings (SSSR count). The molecular weight excluding hydrogens is 186 g/mol. The van der Waals surface area contributed by atoms with E-state index in [1.165, 1.54) is 6.07 Å². The molecule has 3 heteroatoms. The molecule has 0 saturated heterocycles. The minimum Gasteiger partial charge on any atom is -0.488 e.